The van der Waals surface area contributed by atoms with Crippen molar-refractivity contribution in [1.29, 1.82) is 0 Å². The average Bonchev–Trinajstić information content (AvgIpc) is 2.65. The van der Waals surface area contributed by atoms with Crippen molar-refractivity contribution in [2.24, 2.45) is 11.8 Å². The van der Waals surface area contributed by atoms with Crippen LogP contribution in [0, 0.1) is 11.8 Å². The number of Topliss-reactive ketones (excluding diaryl/α,β-unsaturated/α-hetero) is 2. The fraction of sp³-hybridized carbons (Fsp3) is 0.667. The number of hydrogen-bond donors (Lipinski definition) is 0. The molecule has 0 saturated carbocycles. The first-order valence-electron chi connectivity index (χ1n) is 5.84. The molecule has 5 nitrogen and oxygen atoms in total. The summed E-state index contributed by atoms with van der Waals surface area (Å²) in [6, 6.07) is 0. The molecule has 0 aliphatic heterocycles. The van der Waals surface area contributed by atoms with Crippen LogP contribution in [0.25, 0.3) is 0 Å². The summed E-state index contributed by atoms with van der Waals surface area (Å²) in [5.41, 5.74) is 0.625. The summed E-state index contributed by atoms with van der Waals surface area (Å²) in [4.78, 5) is 23.0. The van der Waals surface area contributed by atoms with Gasteiger partial charge in [0, 0.05) is 18.0 Å². The first-order valence-corrected chi connectivity index (χ1v) is 5.84. The fourth-order valence-corrected chi connectivity index (χ4v) is 1.22. The van der Waals surface area contributed by atoms with E-state index in [0.29, 0.717) is 5.69 Å². The third kappa shape index (κ3) is 4.09. The van der Waals surface area contributed by atoms with Crippen molar-refractivity contribution in [3.05, 3.63) is 11.9 Å². The Morgan fingerprint density at radius 1 is 1.18 bits per heavy atom. The van der Waals surface area contributed by atoms with E-state index in [2.05, 4.69) is 10.3 Å². The molecule has 0 unspecified atom stereocenters. The van der Waals surface area contributed by atoms with Crippen molar-refractivity contribution in [1.82, 2.24) is 15.0 Å². The zero-order valence-corrected chi connectivity index (χ0v) is 10.8. The van der Waals surface area contributed by atoms with Crippen molar-refractivity contribution in [3.8, 4) is 0 Å². The summed E-state index contributed by atoms with van der Waals surface area (Å²) in [6.45, 7) is 7.63. The minimum atomic E-state index is -0.0139. The van der Waals surface area contributed by atoms with E-state index in [1.165, 1.54) is 4.68 Å². The van der Waals surface area contributed by atoms with Crippen LogP contribution < -0.4 is 0 Å². The number of carbonyl (C=O) groups excluding carboxylic acids is 2. The summed E-state index contributed by atoms with van der Waals surface area (Å²) in [5, 5.41) is 7.74. The number of hydrogen-bond acceptors (Lipinski definition) is 4. The molecule has 0 N–H and O–H groups in total. The highest BCUT2D eigenvalue weighted by molar-refractivity contribution is 5.82. The molecule has 0 aliphatic carbocycles. The first kappa shape index (κ1) is 13.5. The SMILES string of the molecule is CC(C)C(=O)Cc1cn(CC(=O)C(C)C)nn1. The second-order valence-corrected chi connectivity index (χ2v) is 4.83. The molecule has 0 radical (unpaired) electrons. The van der Waals surface area contributed by atoms with Gasteiger partial charge in [-0.3, -0.25) is 9.59 Å². The Morgan fingerprint density at radius 2 is 1.76 bits per heavy atom. The highest BCUT2D eigenvalue weighted by Gasteiger charge is 2.13. The van der Waals surface area contributed by atoms with Crippen LogP contribution in [-0.4, -0.2) is 26.6 Å². The van der Waals surface area contributed by atoms with Gasteiger partial charge in [-0.25, -0.2) is 4.68 Å². The van der Waals surface area contributed by atoms with Gasteiger partial charge in [0.2, 0.25) is 0 Å². The van der Waals surface area contributed by atoms with Gasteiger partial charge in [-0.1, -0.05) is 32.9 Å². The molecule has 1 aromatic rings. The van der Waals surface area contributed by atoms with Crippen LogP contribution in [-0.2, 0) is 22.6 Å². The van der Waals surface area contributed by atoms with E-state index in [-0.39, 0.29) is 36.4 Å². The minimum absolute atomic E-state index is 0.00236. The number of carbonyl (C=O) groups is 2. The lowest BCUT2D eigenvalue weighted by molar-refractivity contribution is -0.122. The molecule has 1 heterocycles. The van der Waals surface area contributed by atoms with Crippen LogP contribution >= 0.6 is 0 Å². The lowest BCUT2D eigenvalue weighted by atomic mass is 10.1. The Hall–Kier alpha value is -1.52. The second kappa shape index (κ2) is 5.70. The molecule has 0 amide bonds. The van der Waals surface area contributed by atoms with Gasteiger partial charge in [-0.2, -0.15) is 0 Å². The molecule has 0 spiro atoms. The Kier molecular flexibility index (Phi) is 4.54. The molecule has 0 atom stereocenters. The van der Waals surface area contributed by atoms with E-state index in [9.17, 15) is 9.59 Å². The Morgan fingerprint density at radius 3 is 2.29 bits per heavy atom. The fourth-order valence-electron chi connectivity index (χ4n) is 1.22. The standard InChI is InChI=1S/C12H19N3O2/c1-8(2)11(16)5-10-6-15(14-13-10)7-12(17)9(3)4/h6,8-9H,5,7H2,1-4H3. The maximum absolute atomic E-state index is 11.5. The molecular weight excluding hydrogens is 218 g/mol. The second-order valence-electron chi connectivity index (χ2n) is 4.83. The van der Waals surface area contributed by atoms with Crippen molar-refractivity contribution in [3.63, 3.8) is 0 Å². The van der Waals surface area contributed by atoms with Gasteiger partial charge in [-0.05, 0) is 0 Å². The third-order valence-corrected chi connectivity index (χ3v) is 2.55. The first-order chi connectivity index (χ1) is 7.90. The highest BCUT2D eigenvalue weighted by Crippen LogP contribution is 2.03. The molecule has 1 rings (SSSR count). The molecule has 17 heavy (non-hydrogen) atoms. The molecule has 5 heteroatoms. The van der Waals surface area contributed by atoms with Crippen molar-refractivity contribution in [2.75, 3.05) is 0 Å². The summed E-state index contributed by atoms with van der Waals surface area (Å²) in [6.07, 6.45) is 1.95. The van der Waals surface area contributed by atoms with Crippen LogP contribution in [0.15, 0.2) is 6.20 Å². The normalized spacial score (nSPS) is 11.2. The molecular formula is C12H19N3O2. The predicted octanol–water partition coefficient (Wildman–Crippen LogP) is 1.27. The zero-order chi connectivity index (χ0) is 13.0. The lowest BCUT2D eigenvalue weighted by Crippen LogP contribution is -2.16. The summed E-state index contributed by atoms with van der Waals surface area (Å²) < 4.78 is 1.49. The zero-order valence-electron chi connectivity index (χ0n) is 10.8. The highest BCUT2D eigenvalue weighted by atomic mass is 16.1. The third-order valence-electron chi connectivity index (χ3n) is 2.55. The van der Waals surface area contributed by atoms with Crippen LogP contribution in [0.3, 0.4) is 0 Å². The van der Waals surface area contributed by atoms with E-state index in [1.807, 2.05) is 27.7 Å². The van der Waals surface area contributed by atoms with Crippen molar-refractivity contribution >= 4 is 11.6 Å². The smallest absolute Gasteiger partial charge is 0.156 e. The summed E-state index contributed by atoms with van der Waals surface area (Å²) >= 11 is 0. The topological polar surface area (TPSA) is 64.8 Å². The lowest BCUT2D eigenvalue weighted by Gasteiger charge is -2.02. The van der Waals surface area contributed by atoms with E-state index in [0.717, 1.165) is 0 Å². The van der Waals surface area contributed by atoms with Gasteiger partial charge in [0.05, 0.1) is 12.1 Å². The van der Waals surface area contributed by atoms with Crippen LogP contribution in [0.5, 0.6) is 0 Å². The van der Waals surface area contributed by atoms with Crippen molar-refractivity contribution in [2.45, 2.75) is 40.7 Å². The quantitative estimate of drug-likeness (QED) is 0.747. The Labute approximate surface area is 101 Å². The average molecular weight is 237 g/mol. The predicted molar refractivity (Wildman–Crippen MR) is 63.4 cm³/mol. The molecule has 94 valence electrons. The van der Waals surface area contributed by atoms with Gasteiger partial charge in [0.25, 0.3) is 0 Å². The molecule has 0 aromatic carbocycles. The summed E-state index contributed by atoms with van der Waals surface area (Å²) in [5.74, 6) is 0.223. The van der Waals surface area contributed by atoms with Gasteiger partial charge in [-0.15, -0.1) is 5.10 Å². The number of rotatable bonds is 6. The molecule has 0 aliphatic rings. The van der Waals surface area contributed by atoms with E-state index >= 15 is 0 Å². The maximum Gasteiger partial charge on any atom is 0.156 e. The molecule has 1 aromatic heterocycles. The van der Waals surface area contributed by atoms with Crippen molar-refractivity contribution < 1.29 is 9.59 Å². The number of ketones is 2. The Balaban J connectivity index is 2.60. The van der Waals surface area contributed by atoms with E-state index < -0.39 is 0 Å². The van der Waals surface area contributed by atoms with Gasteiger partial charge in [0.1, 0.15) is 12.3 Å². The van der Waals surface area contributed by atoms with Gasteiger partial charge < -0.3 is 0 Å². The maximum atomic E-state index is 11.5. The largest absolute Gasteiger partial charge is 0.299 e. The van der Waals surface area contributed by atoms with Gasteiger partial charge in [0.15, 0.2) is 5.78 Å². The van der Waals surface area contributed by atoms with E-state index in [4.69, 9.17) is 0 Å². The van der Waals surface area contributed by atoms with Gasteiger partial charge >= 0.3 is 0 Å². The molecule has 0 bridgehead atoms. The molecule has 0 saturated heterocycles. The van der Waals surface area contributed by atoms with Crippen LogP contribution in [0.2, 0.25) is 0 Å². The number of aromatic nitrogens is 3. The molecule has 0 fully saturated rings. The minimum Gasteiger partial charge on any atom is -0.299 e. The van der Waals surface area contributed by atoms with E-state index in [1.54, 1.807) is 6.20 Å². The summed E-state index contributed by atoms with van der Waals surface area (Å²) in [7, 11) is 0. The van der Waals surface area contributed by atoms with Crippen LogP contribution in [0.4, 0.5) is 0 Å². The Bertz CT molecular complexity index is 371. The van der Waals surface area contributed by atoms with Crippen LogP contribution in [0.1, 0.15) is 33.4 Å². The number of nitrogens with zero attached hydrogens (tertiary/aromatic N) is 3. The monoisotopic (exact) mass is 237 g/mol.